The molecule has 152 valence electrons. The average Bonchev–Trinajstić information content (AvgIpc) is 3.30. The third kappa shape index (κ3) is 3.07. The number of hydrogen-bond acceptors (Lipinski definition) is 7. The zero-order valence-corrected chi connectivity index (χ0v) is 16.8. The number of fused-ring (bicyclic) bond motifs is 3. The Bertz CT molecular complexity index is 1160. The molecule has 1 spiro atoms. The standard InChI is InChI=1S/C19H21N5O4S/c1-23-16-11(9-20-23)17(25)22-15(21-16)10-24-5-3-19(4-6-24)12-8-14(18(26)27)29-13(12)2-7-28-19/h8-9H,2-7,10H2,1H3,(H,26,27)(H,21,22,25). The lowest BCUT2D eigenvalue weighted by Crippen LogP contribution is -2.46. The number of hydrogen-bond donors (Lipinski definition) is 2. The van der Waals surface area contributed by atoms with Crippen molar-refractivity contribution in [3.8, 4) is 0 Å². The molecule has 0 unspecified atom stereocenters. The Labute approximate surface area is 169 Å². The van der Waals surface area contributed by atoms with Gasteiger partial charge in [0.25, 0.3) is 5.56 Å². The first-order valence-corrected chi connectivity index (χ1v) is 10.4. The smallest absolute Gasteiger partial charge is 0.345 e. The van der Waals surface area contributed by atoms with Crippen LogP contribution in [0.5, 0.6) is 0 Å². The molecule has 0 aliphatic carbocycles. The number of nitrogens with one attached hydrogen (secondary N) is 1. The number of carbonyl (C=O) groups is 1. The van der Waals surface area contributed by atoms with Gasteiger partial charge in [0.1, 0.15) is 16.1 Å². The molecular formula is C19H21N5O4S. The molecule has 0 atom stereocenters. The Morgan fingerprint density at radius 2 is 2.21 bits per heavy atom. The Balaban J connectivity index is 1.35. The lowest BCUT2D eigenvalue weighted by molar-refractivity contribution is -0.0983. The molecule has 0 aromatic carbocycles. The van der Waals surface area contributed by atoms with Gasteiger partial charge in [-0.25, -0.2) is 9.78 Å². The van der Waals surface area contributed by atoms with Gasteiger partial charge in [-0.2, -0.15) is 5.10 Å². The first-order chi connectivity index (χ1) is 13.9. The first-order valence-electron chi connectivity index (χ1n) is 9.59. The second kappa shape index (κ2) is 6.75. The average molecular weight is 415 g/mol. The molecule has 9 nitrogen and oxygen atoms in total. The number of ether oxygens (including phenoxy) is 1. The number of aromatic amines is 1. The van der Waals surface area contributed by atoms with Crippen LogP contribution in [0, 0.1) is 0 Å². The fourth-order valence-electron chi connectivity index (χ4n) is 4.37. The number of thiophene rings is 1. The number of aromatic nitrogens is 4. The molecule has 0 saturated carbocycles. The second-order valence-corrected chi connectivity index (χ2v) is 8.78. The van der Waals surface area contributed by atoms with Gasteiger partial charge in [0.2, 0.25) is 0 Å². The van der Waals surface area contributed by atoms with Gasteiger partial charge in [-0.15, -0.1) is 11.3 Å². The van der Waals surface area contributed by atoms with Crippen molar-refractivity contribution in [1.82, 2.24) is 24.6 Å². The van der Waals surface area contributed by atoms with Gasteiger partial charge in [0, 0.05) is 31.4 Å². The molecule has 0 amide bonds. The van der Waals surface area contributed by atoms with E-state index < -0.39 is 11.6 Å². The second-order valence-electron chi connectivity index (χ2n) is 7.64. The lowest BCUT2D eigenvalue weighted by Gasteiger charge is -2.44. The van der Waals surface area contributed by atoms with Crippen LogP contribution in [-0.2, 0) is 30.4 Å². The molecule has 2 aliphatic rings. The van der Waals surface area contributed by atoms with Crippen molar-refractivity contribution in [3.63, 3.8) is 0 Å². The summed E-state index contributed by atoms with van der Waals surface area (Å²) in [5, 5.41) is 13.9. The van der Waals surface area contributed by atoms with E-state index in [1.165, 1.54) is 17.5 Å². The van der Waals surface area contributed by atoms with Gasteiger partial charge >= 0.3 is 5.97 Å². The molecule has 5 rings (SSSR count). The van der Waals surface area contributed by atoms with E-state index in [9.17, 15) is 14.7 Å². The summed E-state index contributed by atoms with van der Waals surface area (Å²) >= 11 is 1.37. The molecule has 0 radical (unpaired) electrons. The molecule has 1 fully saturated rings. The number of rotatable bonds is 3. The van der Waals surface area contributed by atoms with Gasteiger partial charge < -0.3 is 14.8 Å². The van der Waals surface area contributed by atoms with Gasteiger partial charge in [0.15, 0.2) is 5.65 Å². The summed E-state index contributed by atoms with van der Waals surface area (Å²) in [6, 6.07) is 1.80. The number of carboxylic acids is 1. The fraction of sp³-hybridized carbons (Fsp3) is 0.474. The summed E-state index contributed by atoms with van der Waals surface area (Å²) in [6.45, 7) is 2.73. The molecular weight excluding hydrogens is 394 g/mol. The molecule has 10 heteroatoms. The maximum absolute atomic E-state index is 12.3. The summed E-state index contributed by atoms with van der Waals surface area (Å²) in [5.41, 5.74) is 1.05. The van der Waals surface area contributed by atoms with Crippen molar-refractivity contribution in [2.45, 2.75) is 31.4 Å². The largest absolute Gasteiger partial charge is 0.477 e. The van der Waals surface area contributed by atoms with Crippen LogP contribution in [0.1, 0.15) is 38.8 Å². The van der Waals surface area contributed by atoms with Crippen molar-refractivity contribution < 1.29 is 14.6 Å². The first kappa shape index (κ1) is 18.5. The number of nitrogens with zero attached hydrogens (tertiary/aromatic N) is 4. The van der Waals surface area contributed by atoms with Crippen molar-refractivity contribution in [2.24, 2.45) is 7.05 Å². The maximum atomic E-state index is 12.3. The van der Waals surface area contributed by atoms with Crippen molar-refractivity contribution in [3.05, 3.63) is 43.8 Å². The molecule has 5 heterocycles. The zero-order chi connectivity index (χ0) is 20.2. The van der Waals surface area contributed by atoms with E-state index in [0.717, 1.165) is 42.8 Å². The Morgan fingerprint density at radius 1 is 1.41 bits per heavy atom. The van der Waals surface area contributed by atoms with Gasteiger partial charge in [0.05, 0.1) is 24.9 Å². The van der Waals surface area contributed by atoms with Crippen LogP contribution in [0.15, 0.2) is 17.1 Å². The highest BCUT2D eigenvalue weighted by Gasteiger charge is 2.42. The molecule has 2 aliphatic heterocycles. The highest BCUT2D eigenvalue weighted by molar-refractivity contribution is 7.14. The normalized spacial score (nSPS) is 18.9. The number of carboxylic acid groups (broad SMARTS) is 1. The Kier molecular flexibility index (Phi) is 4.30. The van der Waals surface area contributed by atoms with E-state index in [1.807, 2.05) is 0 Å². The molecule has 3 aromatic rings. The van der Waals surface area contributed by atoms with E-state index in [4.69, 9.17) is 4.74 Å². The van der Waals surface area contributed by atoms with E-state index in [0.29, 0.717) is 34.9 Å². The number of H-pyrrole nitrogens is 1. The quantitative estimate of drug-likeness (QED) is 0.666. The van der Waals surface area contributed by atoms with Crippen molar-refractivity contribution in [1.29, 1.82) is 0 Å². The van der Waals surface area contributed by atoms with Crippen LogP contribution < -0.4 is 5.56 Å². The van der Waals surface area contributed by atoms with Gasteiger partial charge in [-0.05, 0) is 24.5 Å². The third-order valence-corrected chi connectivity index (χ3v) is 7.09. The highest BCUT2D eigenvalue weighted by atomic mass is 32.1. The third-order valence-electron chi connectivity index (χ3n) is 5.91. The topological polar surface area (TPSA) is 113 Å². The minimum atomic E-state index is -0.877. The zero-order valence-electron chi connectivity index (χ0n) is 16.0. The van der Waals surface area contributed by atoms with Gasteiger partial charge in [-0.3, -0.25) is 14.4 Å². The molecule has 2 N–H and O–H groups in total. The summed E-state index contributed by atoms with van der Waals surface area (Å²) in [4.78, 5) is 34.8. The van der Waals surface area contributed by atoms with E-state index >= 15 is 0 Å². The SMILES string of the molecule is Cn1ncc2c(=O)[nH]c(CN3CCC4(CC3)OCCc3sc(C(=O)O)cc34)nc21. The summed E-state index contributed by atoms with van der Waals surface area (Å²) in [6.07, 6.45) is 3.87. The van der Waals surface area contributed by atoms with Crippen LogP contribution in [-0.4, -0.2) is 55.4 Å². The highest BCUT2D eigenvalue weighted by Crippen LogP contribution is 2.44. The number of aromatic carboxylic acids is 1. The van der Waals surface area contributed by atoms with Crippen molar-refractivity contribution in [2.75, 3.05) is 19.7 Å². The molecule has 1 saturated heterocycles. The van der Waals surface area contributed by atoms with Crippen LogP contribution in [0.25, 0.3) is 11.0 Å². The van der Waals surface area contributed by atoms with Crippen LogP contribution >= 0.6 is 11.3 Å². The summed E-state index contributed by atoms with van der Waals surface area (Å²) in [7, 11) is 1.77. The Morgan fingerprint density at radius 3 is 2.97 bits per heavy atom. The summed E-state index contributed by atoms with van der Waals surface area (Å²) in [5.74, 6) is -0.256. The van der Waals surface area contributed by atoms with Crippen molar-refractivity contribution >= 4 is 28.3 Å². The predicted molar refractivity (Wildman–Crippen MR) is 106 cm³/mol. The number of piperidine rings is 1. The van der Waals surface area contributed by atoms with Gasteiger partial charge in [-0.1, -0.05) is 0 Å². The Hall–Kier alpha value is -2.56. The van der Waals surface area contributed by atoms with E-state index in [-0.39, 0.29) is 5.56 Å². The lowest BCUT2D eigenvalue weighted by atomic mass is 9.82. The van der Waals surface area contributed by atoms with E-state index in [1.54, 1.807) is 17.8 Å². The summed E-state index contributed by atoms with van der Waals surface area (Å²) < 4.78 is 7.81. The minimum absolute atomic E-state index is 0.175. The fourth-order valence-corrected chi connectivity index (χ4v) is 5.44. The molecule has 0 bridgehead atoms. The monoisotopic (exact) mass is 415 g/mol. The molecule has 29 heavy (non-hydrogen) atoms. The predicted octanol–water partition coefficient (Wildman–Crippen LogP) is 1.48. The maximum Gasteiger partial charge on any atom is 0.345 e. The number of aryl methyl sites for hydroxylation is 1. The number of likely N-dealkylation sites (tertiary alicyclic amines) is 1. The van der Waals surface area contributed by atoms with Crippen LogP contribution in [0.2, 0.25) is 0 Å². The van der Waals surface area contributed by atoms with Crippen LogP contribution in [0.4, 0.5) is 0 Å². The van der Waals surface area contributed by atoms with E-state index in [2.05, 4.69) is 20.0 Å². The molecule has 3 aromatic heterocycles. The minimum Gasteiger partial charge on any atom is -0.477 e. The van der Waals surface area contributed by atoms with Crippen LogP contribution in [0.3, 0.4) is 0 Å².